The summed E-state index contributed by atoms with van der Waals surface area (Å²) in [7, 11) is 6.75. The lowest BCUT2D eigenvalue weighted by molar-refractivity contribution is -0.883. The van der Waals surface area contributed by atoms with Gasteiger partial charge in [0.25, 0.3) is 0 Å². The van der Waals surface area contributed by atoms with Gasteiger partial charge in [-0.25, -0.2) is 0 Å². The molecule has 0 aromatic heterocycles. The zero-order valence-electron chi connectivity index (χ0n) is 21.1. The first-order valence-corrected chi connectivity index (χ1v) is 12.6. The molecule has 6 aromatic rings. The van der Waals surface area contributed by atoms with Crippen LogP contribution in [0.15, 0.2) is 121 Å². The van der Waals surface area contributed by atoms with Gasteiger partial charge in [-0.05, 0) is 34.4 Å². The van der Waals surface area contributed by atoms with Crippen LogP contribution in [-0.2, 0) is 6.54 Å². The van der Waals surface area contributed by atoms with E-state index in [0.29, 0.717) is 0 Å². The second-order valence-corrected chi connectivity index (χ2v) is 10.6. The van der Waals surface area contributed by atoms with Gasteiger partial charge in [0.05, 0.1) is 38.2 Å². The number of benzene rings is 6. The number of hydrogen-bond donors (Lipinski definition) is 0. The first-order chi connectivity index (χ1) is 17.5. The zero-order valence-corrected chi connectivity index (χ0v) is 21.1. The average molecular weight is 468 g/mol. The first-order valence-electron chi connectivity index (χ1n) is 12.6. The lowest BCUT2D eigenvalue weighted by Gasteiger charge is -2.30. The molecule has 2 nitrogen and oxygen atoms in total. The van der Waals surface area contributed by atoms with Crippen LogP contribution < -0.4 is 4.90 Å². The maximum Gasteiger partial charge on any atom is 0.104 e. The highest BCUT2D eigenvalue weighted by Gasteiger charge is 2.20. The molecule has 2 heteroatoms. The van der Waals surface area contributed by atoms with E-state index in [9.17, 15) is 0 Å². The van der Waals surface area contributed by atoms with Crippen LogP contribution in [0.3, 0.4) is 0 Å². The highest BCUT2D eigenvalue weighted by atomic mass is 15.3. The van der Waals surface area contributed by atoms with E-state index in [-0.39, 0.29) is 0 Å². The molecule has 0 fully saturated rings. The smallest absolute Gasteiger partial charge is 0.104 e. The van der Waals surface area contributed by atoms with Gasteiger partial charge >= 0.3 is 0 Å². The van der Waals surface area contributed by atoms with Crippen molar-refractivity contribution in [2.45, 2.75) is 6.54 Å². The van der Waals surface area contributed by atoms with Crippen molar-refractivity contribution in [3.8, 4) is 0 Å². The average Bonchev–Trinajstić information content (AvgIpc) is 2.89. The van der Waals surface area contributed by atoms with E-state index in [0.717, 1.165) is 11.0 Å². The van der Waals surface area contributed by atoms with Crippen molar-refractivity contribution in [2.24, 2.45) is 0 Å². The molecule has 36 heavy (non-hydrogen) atoms. The fraction of sp³-hybridized carbons (Fsp3) is 0.118. The van der Waals surface area contributed by atoms with E-state index in [4.69, 9.17) is 0 Å². The molecule has 0 radical (unpaired) electrons. The van der Waals surface area contributed by atoms with Gasteiger partial charge in [0.1, 0.15) is 6.54 Å². The van der Waals surface area contributed by atoms with E-state index in [1.54, 1.807) is 0 Å². The Morgan fingerprint density at radius 3 is 1.44 bits per heavy atom. The van der Waals surface area contributed by atoms with Gasteiger partial charge in [-0.1, -0.05) is 103 Å². The van der Waals surface area contributed by atoms with Gasteiger partial charge in [-0.15, -0.1) is 0 Å². The third kappa shape index (κ3) is 4.00. The van der Waals surface area contributed by atoms with Crippen molar-refractivity contribution in [2.75, 3.05) is 26.0 Å². The van der Waals surface area contributed by atoms with Gasteiger partial charge in [0.15, 0.2) is 0 Å². The Kier molecular flexibility index (Phi) is 5.47. The second-order valence-electron chi connectivity index (χ2n) is 10.6. The quantitative estimate of drug-likeness (QED) is 0.229. The fourth-order valence-electron chi connectivity index (χ4n) is 5.40. The normalized spacial score (nSPS) is 11.9. The van der Waals surface area contributed by atoms with Gasteiger partial charge in [-0.3, -0.25) is 0 Å². The lowest BCUT2D eigenvalue weighted by Crippen LogP contribution is -2.33. The highest BCUT2D eigenvalue weighted by molar-refractivity contribution is 6.09. The predicted molar refractivity (Wildman–Crippen MR) is 155 cm³/mol. The molecule has 0 unspecified atom stereocenters. The largest absolute Gasteiger partial charge is 0.327 e. The molecule has 0 aliphatic heterocycles. The van der Waals surface area contributed by atoms with E-state index >= 15 is 0 Å². The number of anilines is 3. The summed E-state index contributed by atoms with van der Waals surface area (Å²) in [5.41, 5.74) is 4.95. The van der Waals surface area contributed by atoms with Gasteiger partial charge < -0.3 is 9.38 Å². The molecule has 0 heterocycles. The number of hydrogen-bond acceptors (Lipinski definition) is 1. The SMILES string of the molecule is C[N+](C)(C)Cc1cccc2c(N(c3cccc4ccccc34)c3cccc4ccccc34)cccc12. The number of quaternary nitrogens is 1. The Morgan fingerprint density at radius 2 is 0.861 bits per heavy atom. The summed E-state index contributed by atoms with van der Waals surface area (Å²) in [5.74, 6) is 0. The summed E-state index contributed by atoms with van der Waals surface area (Å²) in [6.07, 6.45) is 0. The van der Waals surface area contributed by atoms with Crippen LogP contribution in [0.4, 0.5) is 17.1 Å². The van der Waals surface area contributed by atoms with Crippen LogP contribution in [0.5, 0.6) is 0 Å². The molecular weight excluding hydrogens is 436 g/mol. The van der Waals surface area contributed by atoms with Crippen molar-refractivity contribution in [1.29, 1.82) is 0 Å². The van der Waals surface area contributed by atoms with E-state index in [2.05, 4.69) is 147 Å². The minimum absolute atomic E-state index is 0.889. The fourth-order valence-corrected chi connectivity index (χ4v) is 5.40. The summed E-state index contributed by atoms with van der Waals surface area (Å²) >= 11 is 0. The molecule has 0 saturated heterocycles. The van der Waals surface area contributed by atoms with Gasteiger partial charge in [-0.2, -0.15) is 0 Å². The molecule has 0 saturated carbocycles. The molecule has 0 spiro atoms. The summed E-state index contributed by atoms with van der Waals surface area (Å²) in [5, 5.41) is 7.55. The predicted octanol–water partition coefficient (Wildman–Crippen LogP) is 8.82. The lowest BCUT2D eigenvalue weighted by atomic mass is 9.99. The first kappa shape index (κ1) is 22.3. The van der Waals surface area contributed by atoms with Crippen molar-refractivity contribution in [1.82, 2.24) is 0 Å². The van der Waals surface area contributed by atoms with Crippen LogP contribution in [0.25, 0.3) is 32.3 Å². The van der Waals surface area contributed by atoms with Crippen LogP contribution in [0.2, 0.25) is 0 Å². The number of fused-ring (bicyclic) bond motifs is 3. The van der Waals surface area contributed by atoms with E-state index in [1.165, 1.54) is 54.9 Å². The van der Waals surface area contributed by atoms with Crippen LogP contribution >= 0.6 is 0 Å². The van der Waals surface area contributed by atoms with Crippen molar-refractivity contribution >= 4 is 49.4 Å². The number of nitrogens with zero attached hydrogens (tertiary/aromatic N) is 2. The van der Waals surface area contributed by atoms with Crippen LogP contribution in [0, 0.1) is 0 Å². The summed E-state index contributed by atoms with van der Waals surface area (Å²) < 4.78 is 0.889. The van der Waals surface area contributed by atoms with Crippen LogP contribution in [-0.4, -0.2) is 25.6 Å². The summed E-state index contributed by atoms with van der Waals surface area (Å²) in [6.45, 7) is 0.976. The van der Waals surface area contributed by atoms with Gasteiger partial charge in [0, 0.05) is 21.7 Å². The zero-order chi connectivity index (χ0) is 24.7. The minimum atomic E-state index is 0.889. The van der Waals surface area contributed by atoms with Crippen LogP contribution in [0.1, 0.15) is 5.56 Å². The molecule has 0 aliphatic rings. The molecule has 6 aromatic carbocycles. The van der Waals surface area contributed by atoms with E-state index < -0.39 is 0 Å². The third-order valence-corrected chi connectivity index (χ3v) is 6.89. The maximum atomic E-state index is 2.46. The topological polar surface area (TPSA) is 3.24 Å². The molecule has 0 N–H and O–H groups in total. The highest BCUT2D eigenvalue weighted by Crippen LogP contribution is 2.44. The summed E-state index contributed by atoms with van der Waals surface area (Å²) in [4.78, 5) is 2.46. The van der Waals surface area contributed by atoms with E-state index in [1.807, 2.05) is 0 Å². The standard InChI is InChI=1S/C34H31N2/c1-36(2,3)24-27-16-8-20-31-28(27)19-11-23-34(31)35(32-21-9-14-25-12-4-6-17-29(25)32)33-22-10-15-26-13-5-7-18-30(26)33/h4-23H,24H2,1-3H3/q+1. The molecule has 0 bridgehead atoms. The Bertz CT molecular complexity index is 1620. The van der Waals surface area contributed by atoms with Crippen molar-refractivity contribution in [3.05, 3.63) is 127 Å². The monoisotopic (exact) mass is 467 g/mol. The van der Waals surface area contributed by atoms with Crippen molar-refractivity contribution in [3.63, 3.8) is 0 Å². The molecule has 6 rings (SSSR count). The Hall–Kier alpha value is -4.14. The molecule has 0 amide bonds. The van der Waals surface area contributed by atoms with Gasteiger partial charge in [0.2, 0.25) is 0 Å². The Morgan fingerprint density at radius 1 is 0.444 bits per heavy atom. The maximum absolute atomic E-state index is 2.46. The molecule has 0 aliphatic carbocycles. The minimum Gasteiger partial charge on any atom is -0.327 e. The third-order valence-electron chi connectivity index (χ3n) is 6.89. The van der Waals surface area contributed by atoms with Crippen molar-refractivity contribution < 1.29 is 4.48 Å². The molecule has 0 atom stereocenters. The Balaban J connectivity index is 1.69. The molecular formula is C34H31N2+. The Labute approximate surface area is 213 Å². The summed E-state index contributed by atoms with van der Waals surface area (Å²) in [6, 6.07) is 44.1. The second kappa shape index (κ2) is 8.82. The molecule has 176 valence electrons. The number of rotatable bonds is 5.